The molecule has 0 aliphatic carbocycles. The Hall–Kier alpha value is -0.930. The van der Waals surface area contributed by atoms with Gasteiger partial charge in [-0.2, -0.15) is 5.10 Å². The summed E-state index contributed by atoms with van der Waals surface area (Å²) in [6.07, 6.45) is 9.48. The molecule has 0 radical (unpaired) electrons. The van der Waals surface area contributed by atoms with Crippen LogP contribution >= 0.6 is 24.8 Å². The summed E-state index contributed by atoms with van der Waals surface area (Å²) in [7, 11) is -3.31. The zero-order valence-corrected chi connectivity index (χ0v) is 15.9. The maximum Gasteiger partial charge on any atom is 0.180 e. The summed E-state index contributed by atoms with van der Waals surface area (Å²) >= 11 is 0. The average molecular weight is 396 g/mol. The second-order valence-electron chi connectivity index (χ2n) is 6.00. The van der Waals surface area contributed by atoms with Gasteiger partial charge in [0.15, 0.2) is 15.5 Å². The Bertz CT molecular complexity index is 781. The standard InChI is InChI=1S/C14H21N5O2S.2ClH/c1-22(20,21)13-7-17-19-9-11(6-16-14(13)19)8-18-5-3-2-4-12(15)10-18;;/h6-7,9,12H,2-5,8,10,15H2,1H3;2*1H. The topological polar surface area (TPSA) is 93.6 Å². The lowest BCUT2D eigenvalue weighted by atomic mass is 10.2. The molecule has 1 fully saturated rings. The van der Waals surface area contributed by atoms with Crippen LogP contribution in [-0.2, 0) is 16.4 Å². The minimum Gasteiger partial charge on any atom is -0.327 e. The van der Waals surface area contributed by atoms with Crippen molar-refractivity contribution in [2.24, 2.45) is 5.73 Å². The summed E-state index contributed by atoms with van der Waals surface area (Å²) in [5.41, 5.74) is 7.46. The molecule has 1 saturated heterocycles. The Morgan fingerprint density at radius 2 is 2.04 bits per heavy atom. The summed E-state index contributed by atoms with van der Waals surface area (Å²) < 4.78 is 24.9. The number of hydrogen-bond donors (Lipinski definition) is 1. The van der Waals surface area contributed by atoms with E-state index in [4.69, 9.17) is 5.73 Å². The largest absolute Gasteiger partial charge is 0.327 e. The highest BCUT2D eigenvalue weighted by atomic mass is 35.5. The zero-order chi connectivity index (χ0) is 15.7. The van der Waals surface area contributed by atoms with Crippen molar-refractivity contribution >= 4 is 40.3 Å². The third kappa shape index (κ3) is 4.80. The SMILES string of the molecule is CS(=O)(=O)c1cnn2cc(CN3CCCCC(N)C3)cnc12.Cl.Cl. The molecule has 2 aromatic heterocycles. The second-order valence-corrected chi connectivity index (χ2v) is 7.99. The highest BCUT2D eigenvalue weighted by Gasteiger charge is 2.18. The Morgan fingerprint density at radius 3 is 2.75 bits per heavy atom. The summed E-state index contributed by atoms with van der Waals surface area (Å²) in [5, 5.41) is 4.10. The molecule has 0 spiro atoms. The van der Waals surface area contributed by atoms with E-state index < -0.39 is 9.84 Å². The third-order valence-electron chi connectivity index (χ3n) is 3.98. The smallest absolute Gasteiger partial charge is 0.180 e. The lowest BCUT2D eigenvalue weighted by Crippen LogP contribution is -2.35. The van der Waals surface area contributed by atoms with Gasteiger partial charge in [-0.1, -0.05) is 6.42 Å². The van der Waals surface area contributed by atoms with E-state index in [1.165, 1.54) is 17.1 Å². The van der Waals surface area contributed by atoms with Crippen molar-refractivity contribution < 1.29 is 8.42 Å². The van der Waals surface area contributed by atoms with Crippen LogP contribution in [0.3, 0.4) is 0 Å². The van der Waals surface area contributed by atoms with Crippen molar-refractivity contribution in [3.05, 3.63) is 24.2 Å². The summed E-state index contributed by atoms with van der Waals surface area (Å²) in [6, 6.07) is 0.223. The van der Waals surface area contributed by atoms with Crippen molar-refractivity contribution in [1.82, 2.24) is 19.5 Å². The van der Waals surface area contributed by atoms with Gasteiger partial charge in [0.2, 0.25) is 0 Å². The molecule has 1 unspecified atom stereocenters. The molecule has 0 saturated carbocycles. The van der Waals surface area contributed by atoms with Gasteiger partial charge in [0, 0.05) is 43.3 Å². The Morgan fingerprint density at radius 1 is 1.29 bits per heavy atom. The maximum atomic E-state index is 11.7. The number of rotatable bonds is 3. The van der Waals surface area contributed by atoms with Crippen molar-refractivity contribution in [2.45, 2.75) is 36.7 Å². The molecule has 0 bridgehead atoms. The molecule has 7 nitrogen and oxygen atoms in total. The highest BCUT2D eigenvalue weighted by molar-refractivity contribution is 7.90. The number of sulfone groups is 1. The molecule has 2 N–H and O–H groups in total. The van der Waals surface area contributed by atoms with Gasteiger partial charge in [-0.05, 0) is 19.4 Å². The molecule has 1 aliphatic heterocycles. The van der Waals surface area contributed by atoms with Crippen molar-refractivity contribution in [3.8, 4) is 0 Å². The van der Waals surface area contributed by atoms with Gasteiger partial charge >= 0.3 is 0 Å². The molecule has 136 valence electrons. The number of hydrogen-bond acceptors (Lipinski definition) is 6. The van der Waals surface area contributed by atoms with Crippen LogP contribution in [0.15, 0.2) is 23.5 Å². The molecule has 3 rings (SSSR count). The van der Waals surface area contributed by atoms with Gasteiger partial charge in [0.25, 0.3) is 0 Å². The predicted octanol–water partition coefficient (Wildman–Crippen LogP) is 1.29. The van der Waals surface area contributed by atoms with E-state index in [2.05, 4.69) is 15.0 Å². The van der Waals surface area contributed by atoms with Gasteiger partial charge in [0.1, 0.15) is 4.90 Å². The lowest BCUT2D eigenvalue weighted by molar-refractivity contribution is 0.264. The van der Waals surface area contributed by atoms with E-state index in [9.17, 15) is 8.42 Å². The van der Waals surface area contributed by atoms with Crippen LogP contribution in [-0.4, -0.2) is 53.3 Å². The van der Waals surface area contributed by atoms with Crippen LogP contribution in [0.2, 0.25) is 0 Å². The summed E-state index contributed by atoms with van der Waals surface area (Å²) in [4.78, 5) is 6.76. The van der Waals surface area contributed by atoms with E-state index in [0.29, 0.717) is 5.65 Å². The van der Waals surface area contributed by atoms with Gasteiger partial charge in [0.05, 0.1) is 6.20 Å². The van der Waals surface area contributed by atoms with Gasteiger partial charge in [-0.3, -0.25) is 4.90 Å². The van der Waals surface area contributed by atoms with E-state index in [1.807, 2.05) is 6.20 Å². The van der Waals surface area contributed by atoms with Gasteiger partial charge in [-0.15, -0.1) is 24.8 Å². The van der Waals surface area contributed by atoms with Crippen molar-refractivity contribution in [2.75, 3.05) is 19.3 Å². The number of aromatic nitrogens is 3. The molecule has 2 aromatic rings. The van der Waals surface area contributed by atoms with Crippen LogP contribution in [0, 0.1) is 0 Å². The van der Waals surface area contributed by atoms with Crippen LogP contribution < -0.4 is 5.73 Å². The van der Waals surface area contributed by atoms with E-state index in [-0.39, 0.29) is 35.8 Å². The van der Waals surface area contributed by atoms with Crippen LogP contribution in [0.5, 0.6) is 0 Å². The maximum absolute atomic E-state index is 11.7. The third-order valence-corrected chi connectivity index (χ3v) is 5.06. The van der Waals surface area contributed by atoms with Crippen molar-refractivity contribution in [3.63, 3.8) is 0 Å². The lowest BCUT2D eigenvalue weighted by Gasteiger charge is -2.22. The Balaban J connectivity index is 0.00000144. The molecule has 0 aromatic carbocycles. The first-order chi connectivity index (χ1) is 10.4. The Labute approximate surface area is 154 Å². The monoisotopic (exact) mass is 395 g/mol. The van der Waals surface area contributed by atoms with Crippen LogP contribution in [0.1, 0.15) is 24.8 Å². The first-order valence-corrected chi connectivity index (χ1v) is 9.33. The van der Waals surface area contributed by atoms with E-state index >= 15 is 0 Å². The molecule has 1 atom stereocenters. The molecule has 10 heteroatoms. The van der Waals surface area contributed by atoms with Crippen molar-refractivity contribution in [1.29, 1.82) is 0 Å². The summed E-state index contributed by atoms with van der Waals surface area (Å²) in [6.45, 7) is 2.66. The minimum atomic E-state index is -3.31. The zero-order valence-electron chi connectivity index (χ0n) is 13.5. The molecule has 3 heterocycles. The summed E-state index contributed by atoms with van der Waals surface area (Å²) in [5.74, 6) is 0. The van der Waals surface area contributed by atoms with Gasteiger partial charge < -0.3 is 5.73 Å². The van der Waals surface area contributed by atoms with E-state index in [0.717, 1.165) is 44.3 Å². The number of halogens is 2. The predicted molar refractivity (Wildman–Crippen MR) is 97.7 cm³/mol. The average Bonchev–Trinajstić information content (AvgIpc) is 2.76. The fourth-order valence-electron chi connectivity index (χ4n) is 2.89. The van der Waals surface area contributed by atoms with Gasteiger partial charge in [-0.25, -0.2) is 17.9 Å². The molecule has 1 aliphatic rings. The molecular weight excluding hydrogens is 373 g/mol. The van der Waals surface area contributed by atoms with Crippen LogP contribution in [0.4, 0.5) is 0 Å². The Kier molecular flexibility index (Phi) is 7.43. The number of fused-ring (bicyclic) bond motifs is 1. The minimum absolute atomic E-state index is 0. The molecular formula is C14H23Cl2N5O2S. The molecule has 0 amide bonds. The highest BCUT2D eigenvalue weighted by Crippen LogP contribution is 2.16. The van der Waals surface area contributed by atoms with Crippen LogP contribution in [0.25, 0.3) is 5.65 Å². The quantitative estimate of drug-likeness (QED) is 0.841. The number of likely N-dealkylation sites (tertiary alicyclic amines) is 1. The fourth-order valence-corrected chi connectivity index (χ4v) is 3.61. The van der Waals surface area contributed by atoms with E-state index in [1.54, 1.807) is 6.20 Å². The molecule has 24 heavy (non-hydrogen) atoms. The second kappa shape index (κ2) is 8.44. The number of nitrogens with zero attached hydrogens (tertiary/aromatic N) is 4. The first-order valence-electron chi connectivity index (χ1n) is 7.44. The number of nitrogens with two attached hydrogens (primary N) is 1. The first kappa shape index (κ1) is 21.1. The fraction of sp³-hybridized carbons (Fsp3) is 0.571. The normalized spacial score (nSPS) is 19.3.